The normalized spacial score (nSPS) is 12.7. The maximum Gasteiger partial charge on any atom is 0.123 e. The van der Waals surface area contributed by atoms with Gasteiger partial charge in [0.1, 0.15) is 5.82 Å². The first-order valence-corrected chi connectivity index (χ1v) is 6.09. The van der Waals surface area contributed by atoms with Gasteiger partial charge in [-0.1, -0.05) is 12.1 Å². The Morgan fingerprint density at radius 2 is 2.25 bits per heavy atom. The van der Waals surface area contributed by atoms with E-state index in [1.165, 1.54) is 6.07 Å². The quantitative estimate of drug-likeness (QED) is 0.526. The summed E-state index contributed by atoms with van der Waals surface area (Å²) in [5, 5.41) is 0. The van der Waals surface area contributed by atoms with Crippen LogP contribution in [0, 0.1) is 11.7 Å². The van der Waals surface area contributed by atoms with Crippen LogP contribution in [-0.4, -0.2) is 19.6 Å². The molecule has 0 saturated carbocycles. The summed E-state index contributed by atoms with van der Waals surface area (Å²) in [6, 6.07) is 6.73. The molecule has 0 heterocycles. The molecule has 90 valence electrons. The van der Waals surface area contributed by atoms with Gasteiger partial charge in [-0.05, 0) is 42.9 Å². The summed E-state index contributed by atoms with van der Waals surface area (Å²) in [6.07, 6.45) is 2.86. The van der Waals surface area contributed by atoms with E-state index >= 15 is 0 Å². The molecule has 1 aromatic rings. The maximum atomic E-state index is 13.0. The fraction of sp³-hybridized carbons (Fsp3) is 0.538. The minimum atomic E-state index is -0.178. The van der Waals surface area contributed by atoms with Gasteiger partial charge in [0.25, 0.3) is 0 Å². The van der Waals surface area contributed by atoms with Crippen molar-refractivity contribution in [2.24, 2.45) is 5.92 Å². The van der Waals surface area contributed by atoms with Crippen molar-refractivity contribution < 1.29 is 9.13 Å². The molecule has 16 heavy (non-hydrogen) atoms. The molecule has 1 aromatic carbocycles. The zero-order valence-corrected chi connectivity index (χ0v) is 10.3. The Kier molecular flexibility index (Phi) is 6.43. The van der Waals surface area contributed by atoms with Crippen LogP contribution < -0.4 is 0 Å². The molecule has 1 unspecified atom stereocenters. The summed E-state index contributed by atoms with van der Waals surface area (Å²) in [4.78, 5) is 0. The van der Waals surface area contributed by atoms with Crippen molar-refractivity contribution in [3.8, 4) is 0 Å². The summed E-state index contributed by atoms with van der Waals surface area (Å²) >= 11 is 5.90. The van der Waals surface area contributed by atoms with Gasteiger partial charge in [0.15, 0.2) is 0 Å². The van der Waals surface area contributed by atoms with E-state index in [0.29, 0.717) is 11.8 Å². The van der Waals surface area contributed by atoms with E-state index in [2.05, 4.69) is 0 Å². The highest BCUT2D eigenvalue weighted by Gasteiger charge is 2.08. The predicted octanol–water partition coefficient (Wildman–Crippen LogP) is 3.65. The third-order valence-corrected chi connectivity index (χ3v) is 3.03. The molecule has 0 radical (unpaired) electrons. The van der Waals surface area contributed by atoms with Crippen LogP contribution in [0.2, 0.25) is 0 Å². The smallest absolute Gasteiger partial charge is 0.123 e. The van der Waals surface area contributed by atoms with Crippen LogP contribution in [-0.2, 0) is 11.2 Å². The van der Waals surface area contributed by atoms with Crippen LogP contribution in [0.15, 0.2) is 24.3 Å². The van der Waals surface area contributed by atoms with Crippen LogP contribution in [0.1, 0.15) is 18.4 Å². The summed E-state index contributed by atoms with van der Waals surface area (Å²) in [6.45, 7) is 0.760. The second kappa shape index (κ2) is 7.64. The molecule has 1 nitrogen and oxygen atoms in total. The Morgan fingerprint density at radius 3 is 2.88 bits per heavy atom. The average molecular weight is 245 g/mol. The van der Waals surface area contributed by atoms with Crippen molar-refractivity contribution in [3.05, 3.63) is 35.6 Å². The van der Waals surface area contributed by atoms with Gasteiger partial charge in [-0.2, -0.15) is 0 Å². The summed E-state index contributed by atoms with van der Waals surface area (Å²) in [5.41, 5.74) is 1.02. The lowest BCUT2D eigenvalue weighted by Gasteiger charge is -2.13. The van der Waals surface area contributed by atoms with E-state index in [9.17, 15) is 4.39 Å². The zero-order chi connectivity index (χ0) is 11.8. The van der Waals surface area contributed by atoms with Crippen molar-refractivity contribution >= 4 is 11.6 Å². The average Bonchev–Trinajstić information content (AvgIpc) is 2.28. The minimum Gasteiger partial charge on any atom is -0.385 e. The molecular formula is C13H18ClFO. The Labute approximate surface area is 102 Å². The summed E-state index contributed by atoms with van der Waals surface area (Å²) in [7, 11) is 1.70. The first-order chi connectivity index (χ1) is 7.76. The number of methoxy groups -OCH3 is 1. The number of alkyl halides is 1. The van der Waals surface area contributed by atoms with E-state index < -0.39 is 0 Å². The van der Waals surface area contributed by atoms with Crippen molar-refractivity contribution in [2.75, 3.05) is 19.6 Å². The third kappa shape index (κ3) is 4.95. The third-order valence-electron chi connectivity index (χ3n) is 2.59. The van der Waals surface area contributed by atoms with Crippen LogP contribution in [0.25, 0.3) is 0 Å². The number of hydrogen-bond acceptors (Lipinski definition) is 1. The lowest BCUT2D eigenvalue weighted by molar-refractivity contribution is 0.188. The molecule has 0 aliphatic rings. The molecule has 0 fully saturated rings. The summed E-state index contributed by atoms with van der Waals surface area (Å²) < 4.78 is 18.0. The van der Waals surface area contributed by atoms with E-state index in [4.69, 9.17) is 16.3 Å². The van der Waals surface area contributed by atoms with Crippen molar-refractivity contribution in [3.63, 3.8) is 0 Å². The second-order valence-corrected chi connectivity index (χ2v) is 4.30. The Hall–Kier alpha value is -0.600. The van der Waals surface area contributed by atoms with Gasteiger partial charge in [0.05, 0.1) is 0 Å². The van der Waals surface area contributed by atoms with Crippen molar-refractivity contribution in [1.82, 2.24) is 0 Å². The van der Waals surface area contributed by atoms with Gasteiger partial charge in [0, 0.05) is 19.6 Å². The highest BCUT2D eigenvalue weighted by atomic mass is 35.5. The molecule has 0 saturated heterocycles. The fourth-order valence-electron chi connectivity index (χ4n) is 1.75. The van der Waals surface area contributed by atoms with Gasteiger partial charge >= 0.3 is 0 Å². The van der Waals surface area contributed by atoms with E-state index in [-0.39, 0.29) is 5.82 Å². The molecule has 0 N–H and O–H groups in total. The first kappa shape index (κ1) is 13.5. The lowest BCUT2D eigenvalue weighted by atomic mass is 9.96. The molecule has 1 rings (SSSR count). The molecular weight excluding hydrogens is 227 g/mol. The topological polar surface area (TPSA) is 9.23 Å². The molecule has 0 spiro atoms. The standard InChI is InChI=1S/C13H18ClFO/c1-16-7-3-5-12(10-14)8-11-4-2-6-13(15)9-11/h2,4,6,9,12H,3,5,7-8,10H2,1H3. The fourth-order valence-corrected chi connectivity index (χ4v) is 2.01. The number of hydrogen-bond donors (Lipinski definition) is 0. The number of ether oxygens (including phenoxy) is 1. The van der Waals surface area contributed by atoms with E-state index in [0.717, 1.165) is 31.4 Å². The molecule has 0 aliphatic carbocycles. The van der Waals surface area contributed by atoms with Gasteiger partial charge in [-0.25, -0.2) is 4.39 Å². The molecule has 3 heteroatoms. The molecule has 1 atom stereocenters. The Balaban J connectivity index is 2.43. The van der Waals surface area contributed by atoms with Crippen LogP contribution in [0.3, 0.4) is 0 Å². The highest BCUT2D eigenvalue weighted by Crippen LogP contribution is 2.16. The molecule has 0 bridgehead atoms. The van der Waals surface area contributed by atoms with Gasteiger partial charge in [-0.15, -0.1) is 11.6 Å². The second-order valence-electron chi connectivity index (χ2n) is 3.99. The van der Waals surface area contributed by atoms with Crippen molar-refractivity contribution in [1.29, 1.82) is 0 Å². The molecule has 0 aliphatic heterocycles. The highest BCUT2D eigenvalue weighted by molar-refractivity contribution is 6.18. The van der Waals surface area contributed by atoms with Crippen LogP contribution in [0.5, 0.6) is 0 Å². The zero-order valence-electron chi connectivity index (χ0n) is 9.59. The SMILES string of the molecule is COCCCC(CCl)Cc1cccc(F)c1. The van der Waals surface area contributed by atoms with E-state index in [1.54, 1.807) is 19.2 Å². The lowest BCUT2D eigenvalue weighted by Crippen LogP contribution is -2.08. The van der Waals surface area contributed by atoms with E-state index in [1.807, 2.05) is 6.07 Å². The summed E-state index contributed by atoms with van der Waals surface area (Å²) in [5.74, 6) is 0.835. The first-order valence-electron chi connectivity index (χ1n) is 5.55. The molecule has 0 aromatic heterocycles. The Morgan fingerprint density at radius 1 is 1.44 bits per heavy atom. The monoisotopic (exact) mass is 244 g/mol. The predicted molar refractivity (Wildman–Crippen MR) is 65.4 cm³/mol. The minimum absolute atomic E-state index is 0.178. The number of halogens is 2. The number of benzene rings is 1. The Bertz CT molecular complexity index is 304. The van der Waals surface area contributed by atoms with Gasteiger partial charge in [-0.3, -0.25) is 0 Å². The van der Waals surface area contributed by atoms with Gasteiger partial charge in [0.2, 0.25) is 0 Å². The van der Waals surface area contributed by atoms with Crippen LogP contribution >= 0.6 is 11.6 Å². The maximum absolute atomic E-state index is 13.0. The largest absolute Gasteiger partial charge is 0.385 e. The van der Waals surface area contributed by atoms with Gasteiger partial charge < -0.3 is 4.74 Å². The van der Waals surface area contributed by atoms with Crippen LogP contribution in [0.4, 0.5) is 4.39 Å². The van der Waals surface area contributed by atoms with Crippen molar-refractivity contribution in [2.45, 2.75) is 19.3 Å². The number of rotatable bonds is 7. The molecule has 0 amide bonds.